The molecule has 90 valence electrons. The Bertz CT molecular complexity index is 291. The molecule has 0 aromatic heterocycles. The molecule has 1 aliphatic carbocycles. The number of nitrogens with zero attached hydrogens (tertiary/aromatic N) is 1. The van der Waals surface area contributed by atoms with Gasteiger partial charge in [-0.05, 0) is 44.6 Å². The van der Waals surface area contributed by atoms with E-state index in [2.05, 4.69) is 10.2 Å². The minimum absolute atomic E-state index is 0.287. The van der Waals surface area contributed by atoms with Crippen LogP contribution in [0.15, 0.2) is 0 Å². The minimum Gasteiger partial charge on any atom is -0.480 e. The number of carbonyl (C=O) groups is 1. The first-order valence-corrected chi connectivity index (χ1v) is 6.48. The summed E-state index contributed by atoms with van der Waals surface area (Å²) in [6.45, 7) is 2.36. The van der Waals surface area contributed by atoms with Gasteiger partial charge in [-0.3, -0.25) is 15.0 Å². The summed E-state index contributed by atoms with van der Waals surface area (Å²) in [4.78, 5) is 13.7. The van der Waals surface area contributed by atoms with Gasteiger partial charge >= 0.3 is 5.97 Å². The molecular weight excluding hydrogens is 204 g/mol. The Morgan fingerprint density at radius 3 is 2.75 bits per heavy atom. The third-order valence-corrected chi connectivity index (χ3v) is 4.36. The number of nitrogens with one attached hydrogen (secondary N) is 1. The van der Waals surface area contributed by atoms with Gasteiger partial charge in [0, 0.05) is 18.6 Å². The van der Waals surface area contributed by atoms with Crippen LogP contribution in [0, 0.1) is 5.92 Å². The van der Waals surface area contributed by atoms with Gasteiger partial charge in [-0.2, -0.15) is 0 Å². The van der Waals surface area contributed by atoms with Crippen LogP contribution in [-0.2, 0) is 4.79 Å². The van der Waals surface area contributed by atoms with Crippen molar-refractivity contribution in [1.29, 1.82) is 0 Å². The molecule has 0 aromatic carbocycles. The molecule has 2 saturated heterocycles. The van der Waals surface area contributed by atoms with Gasteiger partial charge in [-0.25, -0.2) is 0 Å². The Labute approximate surface area is 96.0 Å². The summed E-state index contributed by atoms with van der Waals surface area (Å²) in [5.41, 5.74) is 0. The summed E-state index contributed by atoms with van der Waals surface area (Å²) in [6, 6.07) is 0.746. The highest BCUT2D eigenvalue weighted by molar-refractivity contribution is 5.74. The van der Waals surface area contributed by atoms with Crippen LogP contribution in [0.4, 0.5) is 0 Å². The van der Waals surface area contributed by atoms with Crippen LogP contribution in [0.25, 0.3) is 0 Å². The fourth-order valence-corrected chi connectivity index (χ4v) is 3.35. The molecule has 0 amide bonds. The molecule has 4 nitrogen and oxygen atoms in total. The van der Waals surface area contributed by atoms with Crippen LogP contribution >= 0.6 is 0 Å². The van der Waals surface area contributed by atoms with Gasteiger partial charge in [0.1, 0.15) is 6.04 Å². The maximum Gasteiger partial charge on any atom is 0.320 e. The fourth-order valence-electron chi connectivity index (χ4n) is 3.35. The zero-order chi connectivity index (χ0) is 11.1. The van der Waals surface area contributed by atoms with Gasteiger partial charge in [0.15, 0.2) is 0 Å². The molecule has 3 atom stereocenters. The van der Waals surface area contributed by atoms with Crippen molar-refractivity contribution in [2.24, 2.45) is 5.92 Å². The number of hydrogen-bond acceptors (Lipinski definition) is 3. The summed E-state index contributed by atoms with van der Waals surface area (Å²) < 4.78 is 0. The van der Waals surface area contributed by atoms with Crippen LogP contribution in [-0.4, -0.2) is 47.2 Å². The van der Waals surface area contributed by atoms with E-state index in [9.17, 15) is 9.90 Å². The Morgan fingerprint density at radius 2 is 2.06 bits per heavy atom. The third-order valence-electron chi connectivity index (χ3n) is 4.36. The Balaban J connectivity index is 1.62. The number of hydrogen-bond donors (Lipinski definition) is 2. The molecule has 1 saturated carbocycles. The van der Waals surface area contributed by atoms with Gasteiger partial charge in [-0.15, -0.1) is 0 Å². The lowest BCUT2D eigenvalue weighted by molar-refractivity contribution is -0.140. The standard InChI is InChI=1S/C12H20N2O2/c15-12(16)11(8-3-4-8)13-9-5-7-14-6-1-2-10(9)14/h8-11,13H,1-7H2,(H,15,16). The number of rotatable bonds is 4. The maximum absolute atomic E-state index is 11.2. The normalized spacial score (nSPS) is 36.2. The summed E-state index contributed by atoms with van der Waals surface area (Å²) in [7, 11) is 0. The fraction of sp³-hybridized carbons (Fsp3) is 0.917. The summed E-state index contributed by atoms with van der Waals surface area (Å²) in [5.74, 6) is -0.257. The van der Waals surface area contributed by atoms with Crippen molar-refractivity contribution < 1.29 is 9.90 Å². The molecule has 3 aliphatic rings. The average Bonchev–Trinajstić information content (AvgIpc) is 2.84. The topological polar surface area (TPSA) is 52.6 Å². The molecule has 0 bridgehead atoms. The van der Waals surface area contributed by atoms with Gasteiger partial charge in [0.2, 0.25) is 0 Å². The van der Waals surface area contributed by atoms with Gasteiger partial charge in [0.05, 0.1) is 0 Å². The van der Waals surface area contributed by atoms with Crippen LogP contribution in [0.5, 0.6) is 0 Å². The Hall–Kier alpha value is -0.610. The van der Waals surface area contributed by atoms with E-state index in [1.54, 1.807) is 0 Å². The molecule has 2 aliphatic heterocycles. The first-order valence-electron chi connectivity index (χ1n) is 6.48. The van der Waals surface area contributed by atoms with Crippen molar-refractivity contribution >= 4 is 5.97 Å². The predicted molar refractivity (Wildman–Crippen MR) is 60.3 cm³/mol. The van der Waals surface area contributed by atoms with Gasteiger partial charge in [-0.1, -0.05) is 0 Å². The van der Waals surface area contributed by atoms with E-state index in [0.29, 0.717) is 18.0 Å². The zero-order valence-corrected chi connectivity index (χ0v) is 9.56. The average molecular weight is 224 g/mol. The van der Waals surface area contributed by atoms with Crippen LogP contribution in [0.3, 0.4) is 0 Å². The molecule has 3 fully saturated rings. The Morgan fingerprint density at radius 1 is 1.25 bits per heavy atom. The van der Waals surface area contributed by atoms with Crippen molar-refractivity contribution in [3.8, 4) is 0 Å². The molecule has 2 heterocycles. The lowest BCUT2D eigenvalue weighted by atomic mass is 10.0. The summed E-state index contributed by atoms with van der Waals surface area (Å²) in [6.07, 6.45) is 5.83. The third kappa shape index (κ3) is 1.84. The monoisotopic (exact) mass is 224 g/mol. The predicted octanol–water partition coefficient (Wildman–Crippen LogP) is 0.676. The second-order valence-corrected chi connectivity index (χ2v) is 5.46. The molecule has 3 unspecified atom stereocenters. The molecule has 3 rings (SSSR count). The Kier molecular flexibility index (Phi) is 2.64. The van der Waals surface area contributed by atoms with Crippen molar-refractivity contribution in [3.05, 3.63) is 0 Å². The van der Waals surface area contributed by atoms with Crippen LogP contribution in [0.2, 0.25) is 0 Å². The SMILES string of the molecule is O=C(O)C(NC1CCN2CCCC12)C1CC1. The number of aliphatic carboxylic acids is 1. The van der Waals surface area contributed by atoms with Crippen LogP contribution in [0.1, 0.15) is 32.1 Å². The number of carboxylic acid groups (broad SMARTS) is 1. The molecule has 2 N–H and O–H groups in total. The highest BCUT2D eigenvalue weighted by Crippen LogP contribution is 2.35. The number of fused-ring (bicyclic) bond motifs is 1. The van der Waals surface area contributed by atoms with Gasteiger partial charge < -0.3 is 5.11 Å². The first-order chi connectivity index (χ1) is 7.75. The van der Waals surface area contributed by atoms with E-state index in [-0.39, 0.29) is 6.04 Å². The largest absolute Gasteiger partial charge is 0.480 e. The molecule has 0 spiro atoms. The second kappa shape index (κ2) is 4.00. The second-order valence-electron chi connectivity index (χ2n) is 5.46. The highest BCUT2D eigenvalue weighted by Gasteiger charge is 2.42. The van der Waals surface area contributed by atoms with E-state index in [1.807, 2.05) is 0 Å². The van der Waals surface area contributed by atoms with Crippen molar-refractivity contribution in [2.75, 3.05) is 13.1 Å². The zero-order valence-electron chi connectivity index (χ0n) is 9.56. The molecule has 0 radical (unpaired) electrons. The van der Waals surface area contributed by atoms with E-state index < -0.39 is 5.97 Å². The van der Waals surface area contributed by atoms with E-state index in [4.69, 9.17) is 0 Å². The maximum atomic E-state index is 11.2. The van der Waals surface area contributed by atoms with E-state index in [1.165, 1.54) is 19.4 Å². The van der Waals surface area contributed by atoms with Crippen molar-refractivity contribution in [1.82, 2.24) is 10.2 Å². The smallest absolute Gasteiger partial charge is 0.320 e. The van der Waals surface area contributed by atoms with E-state index >= 15 is 0 Å². The van der Waals surface area contributed by atoms with E-state index in [0.717, 1.165) is 25.8 Å². The van der Waals surface area contributed by atoms with Gasteiger partial charge in [0.25, 0.3) is 0 Å². The van der Waals surface area contributed by atoms with Crippen LogP contribution < -0.4 is 5.32 Å². The molecule has 4 heteroatoms. The first kappa shape index (κ1) is 10.5. The minimum atomic E-state index is -0.654. The number of carboxylic acids is 1. The molecule has 16 heavy (non-hydrogen) atoms. The highest BCUT2D eigenvalue weighted by atomic mass is 16.4. The van der Waals surface area contributed by atoms with Crippen molar-refractivity contribution in [2.45, 2.75) is 50.2 Å². The lowest BCUT2D eigenvalue weighted by Gasteiger charge is -2.24. The molecule has 0 aromatic rings. The summed E-state index contributed by atoms with van der Waals surface area (Å²) in [5, 5.41) is 12.6. The quantitative estimate of drug-likeness (QED) is 0.737. The molecular formula is C12H20N2O2. The lowest BCUT2D eigenvalue weighted by Crippen LogP contribution is -2.48. The van der Waals surface area contributed by atoms with Crippen molar-refractivity contribution in [3.63, 3.8) is 0 Å². The summed E-state index contributed by atoms with van der Waals surface area (Å²) >= 11 is 0.